The highest BCUT2D eigenvalue weighted by molar-refractivity contribution is 5.35. The summed E-state index contributed by atoms with van der Waals surface area (Å²) in [5, 5.41) is 0. The lowest BCUT2D eigenvalue weighted by molar-refractivity contribution is -0.817. The largest absolute Gasteiger partial charge is 0.495 e. The monoisotopic (exact) mass is 195 g/mol. The van der Waals surface area contributed by atoms with E-state index in [-0.39, 0.29) is 0 Å². The van der Waals surface area contributed by atoms with Crippen LogP contribution in [0, 0.1) is 0 Å². The Morgan fingerprint density at radius 3 is 2.43 bits per heavy atom. The van der Waals surface area contributed by atoms with Gasteiger partial charge < -0.3 is 15.0 Å². The van der Waals surface area contributed by atoms with E-state index in [0.29, 0.717) is 0 Å². The molecule has 14 heavy (non-hydrogen) atoms. The summed E-state index contributed by atoms with van der Waals surface area (Å²) in [6.07, 6.45) is 6.92. The molecule has 0 amide bonds. The fourth-order valence-corrected chi connectivity index (χ4v) is 1.44. The van der Waals surface area contributed by atoms with Crippen LogP contribution in [-0.4, -0.2) is 32.7 Å². The quantitative estimate of drug-likeness (QED) is 0.675. The highest BCUT2D eigenvalue weighted by Crippen LogP contribution is 2.20. The Bertz CT molecular complexity index is 306. The van der Waals surface area contributed by atoms with Gasteiger partial charge >= 0.3 is 0 Å². The molecule has 3 nitrogen and oxygen atoms in total. The van der Waals surface area contributed by atoms with Gasteiger partial charge in [0.25, 0.3) is 0 Å². The number of hydrogen-bond donors (Lipinski definition) is 1. The minimum atomic E-state index is 0.773. The van der Waals surface area contributed by atoms with E-state index in [1.165, 1.54) is 5.57 Å². The van der Waals surface area contributed by atoms with Gasteiger partial charge in [-0.15, -0.1) is 0 Å². The SMILES string of the molecule is COC1=C(N)CC(=C[N+](C)(C)C)C=C1. The number of allylic oxidation sites excluding steroid dienone is 3. The molecule has 1 rings (SSSR count). The molecule has 0 bridgehead atoms. The fraction of sp³-hybridized carbons (Fsp3) is 0.455. The van der Waals surface area contributed by atoms with E-state index in [1.807, 2.05) is 6.08 Å². The van der Waals surface area contributed by atoms with Crippen LogP contribution in [0.2, 0.25) is 0 Å². The zero-order valence-corrected chi connectivity index (χ0v) is 9.37. The van der Waals surface area contributed by atoms with Gasteiger partial charge in [-0.05, 0) is 12.2 Å². The summed E-state index contributed by atoms with van der Waals surface area (Å²) in [4.78, 5) is 0. The molecule has 78 valence electrons. The van der Waals surface area contributed by atoms with E-state index in [2.05, 4.69) is 33.4 Å². The Hall–Kier alpha value is -1.22. The van der Waals surface area contributed by atoms with Crippen LogP contribution in [-0.2, 0) is 4.74 Å². The second-order valence-electron chi connectivity index (χ2n) is 4.42. The normalized spacial score (nSPS) is 20.4. The summed E-state index contributed by atoms with van der Waals surface area (Å²) in [6, 6.07) is 0. The van der Waals surface area contributed by atoms with Crippen LogP contribution >= 0.6 is 0 Å². The summed E-state index contributed by atoms with van der Waals surface area (Å²) in [5.41, 5.74) is 7.89. The number of nitrogens with two attached hydrogens (primary N) is 1. The lowest BCUT2D eigenvalue weighted by Crippen LogP contribution is -2.27. The number of hydrogen-bond acceptors (Lipinski definition) is 2. The number of methoxy groups -OCH3 is 1. The number of rotatable bonds is 2. The minimum Gasteiger partial charge on any atom is -0.495 e. The Kier molecular flexibility index (Phi) is 3.01. The molecule has 1 aliphatic carbocycles. The molecule has 0 aromatic heterocycles. The van der Waals surface area contributed by atoms with E-state index in [1.54, 1.807) is 7.11 Å². The average molecular weight is 195 g/mol. The van der Waals surface area contributed by atoms with E-state index < -0.39 is 0 Å². The minimum absolute atomic E-state index is 0.773. The molecule has 0 radical (unpaired) electrons. The van der Waals surface area contributed by atoms with Crippen molar-refractivity contribution >= 4 is 0 Å². The fourth-order valence-electron chi connectivity index (χ4n) is 1.44. The van der Waals surface area contributed by atoms with E-state index in [9.17, 15) is 0 Å². The van der Waals surface area contributed by atoms with Gasteiger partial charge in [-0.25, -0.2) is 0 Å². The van der Waals surface area contributed by atoms with Crippen molar-refractivity contribution in [3.05, 3.63) is 35.4 Å². The van der Waals surface area contributed by atoms with Crippen molar-refractivity contribution in [1.29, 1.82) is 0 Å². The molecule has 0 unspecified atom stereocenters. The number of nitrogens with zero attached hydrogens (tertiary/aromatic N) is 1. The molecule has 0 atom stereocenters. The maximum absolute atomic E-state index is 5.85. The summed E-state index contributed by atoms with van der Waals surface area (Å²) < 4.78 is 5.92. The van der Waals surface area contributed by atoms with Crippen molar-refractivity contribution in [1.82, 2.24) is 0 Å². The Morgan fingerprint density at radius 2 is 2.00 bits per heavy atom. The third-order valence-corrected chi connectivity index (χ3v) is 1.93. The lowest BCUT2D eigenvalue weighted by Gasteiger charge is -2.21. The van der Waals surface area contributed by atoms with E-state index >= 15 is 0 Å². The Labute approximate surface area is 85.7 Å². The van der Waals surface area contributed by atoms with Gasteiger partial charge in [0.2, 0.25) is 0 Å². The summed E-state index contributed by atoms with van der Waals surface area (Å²) in [6.45, 7) is 0. The molecular formula is C11H19N2O+. The first-order valence-electron chi connectivity index (χ1n) is 4.66. The van der Waals surface area contributed by atoms with Gasteiger partial charge in [-0.3, -0.25) is 0 Å². The molecule has 0 saturated carbocycles. The summed E-state index contributed by atoms with van der Waals surface area (Å²) in [7, 11) is 7.99. The van der Waals surface area contributed by atoms with Gasteiger partial charge in [-0.2, -0.15) is 0 Å². The maximum Gasteiger partial charge on any atom is 0.137 e. The highest BCUT2D eigenvalue weighted by Gasteiger charge is 2.12. The van der Waals surface area contributed by atoms with Crippen molar-refractivity contribution in [3.63, 3.8) is 0 Å². The van der Waals surface area contributed by atoms with E-state index in [0.717, 1.165) is 22.4 Å². The van der Waals surface area contributed by atoms with Crippen molar-refractivity contribution in [2.45, 2.75) is 6.42 Å². The summed E-state index contributed by atoms with van der Waals surface area (Å²) >= 11 is 0. The second-order valence-corrected chi connectivity index (χ2v) is 4.42. The predicted octanol–water partition coefficient (Wildman–Crippen LogP) is 1.35. The Balaban J connectivity index is 2.82. The van der Waals surface area contributed by atoms with Crippen molar-refractivity contribution < 1.29 is 9.22 Å². The first-order valence-corrected chi connectivity index (χ1v) is 4.66. The number of ether oxygens (including phenoxy) is 1. The Morgan fingerprint density at radius 1 is 1.36 bits per heavy atom. The van der Waals surface area contributed by atoms with Crippen molar-refractivity contribution in [2.75, 3.05) is 28.3 Å². The van der Waals surface area contributed by atoms with Crippen molar-refractivity contribution in [2.24, 2.45) is 5.73 Å². The summed E-state index contributed by atoms with van der Waals surface area (Å²) in [5.74, 6) is 0.781. The van der Waals surface area contributed by atoms with Gasteiger partial charge in [0.1, 0.15) is 5.76 Å². The van der Waals surface area contributed by atoms with Crippen LogP contribution in [0.5, 0.6) is 0 Å². The maximum atomic E-state index is 5.85. The van der Waals surface area contributed by atoms with Crippen LogP contribution in [0.25, 0.3) is 0 Å². The molecule has 0 heterocycles. The van der Waals surface area contributed by atoms with E-state index in [4.69, 9.17) is 10.5 Å². The zero-order chi connectivity index (χ0) is 10.8. The first kappa shape index (κ1) is 10.9. The third-order valence-electron chi connectivity index (χ3n) is 1.93. The topological polar surface area (TPSA) is 35.2 Å². The average Bonchev–Trinajstić information content (AvgIpc) is 2.01. The standard InChI is InChI=1S/C11H19N2O/c1-13(2,3)8-9-5-6-11(14-4)10(12)7-9/h5-6,8H,7,12H2,1-4H3/q+1. The van der Waals surface area contributed by atoms with Gasteiger partial charge in [-0.1, -0.05) is 0 Å². The second kappa shape index (κ2) is 3.88. The molecule has 2 N–H and O–H groups in total. The smallest absolute Gasteiger partial charge is 0.137 e. The molecule has 0 aliphatic heterocycles. The van der Waals surface area contributed by atoms with Crippen molar-refractivity contribution in [3.8, 4) is 0 Å². The molecule has 1 aliphatic rings. The predicted molar refractivity (Wildman–Crippen MR) is 58.1 cm³/mol. The number of quaternary nitrogens is 1. The van der Waals surface area contributed by atoms with Gasteiger partial charge in [0.05, 0.1) is 40.1 Å². The van der Waals surface area contributed by atoms with Crippen LogP contribution in [0.3, 0.4) is 0 Å². The van der Waals surface area contributed by atoms with Crippen LogP contribution in [0.1, 0.15) is 6.42 Å². The molecule has 0 fully saturated rings. The molecule has 3 heteroatoms. The molecular weight excluding hydrogens is 176 g/mol. The first-order chi connectivity index (χ1) is 6.42. The highest BCUT2D eigenvalue weighted by atomic mass is 16.5. The van der Waals surface area contributed by atoms with Crippen LogP contribution < -0.4 is 5.73 Å². The third kappa shape index (κ3) is 2.92. The van der Waals surface area contributed by atoms with Gasteiger partial charge in [0, 0.05) is 12.0 Å². The zero-order valence-electron chi connectivity index (χ0n) is 9.37. The van der Waals surface area contributed by atoms with Gasteiger partial charge in [0.15, 0.2) is 0 Å². The van der Waals surface area contributed by atoms with Crippen LogP contribution in [0.4, 0.5) is 0 Å². The molecule has 0 aromatic rings. The molecule has 0 saturated heterocycles. The lowest BCUT2D eigenvalue weighted by atomic mass is 10.0. The molecule has 0 spiro atoms. The molecule has 0 aromatic carbocycles. The van der Waals surface area contributed by atoms with Crippen LogP contribution in [0.15, 0.2) is 35.4 Å².